The standard InChI is InChI=1S/C6H3ClO3/c7-6(9)5(8)4-2-1-3-10-4/h1-3H. The molecule has 0 aliphatic heterocycles. The molecule has 0 aliphatic rings. The zero-order valence-corrected chi connectivity index (χ0v) is 5.59. The average Bonchev–Trinajstić information content (AvgIpc) is 2.36. The van der Waals surface area contributed by atoms with Crippen LogP contribution in [0, 0.1) is 0 Å². The van der Waals surface area contributed by atoms with Crippen molar-refractivity contribution >= 4 is 22.6 Å². The number of Topliss-reactive ketones (excluding diaryl/α,β-unsaturated/α-hetero) is 1. The van der Waals surface area contributed by atoms with Gasteiger partial charge in [-0.3, -0.25) is 9.59 Å². The molecule has 0 aromatic carbocycles. The van der Waals surface area contributed by atoms with Crippen molar-refractivity contribution in [3.63, 3.8) is 0 Å². The molecule has 0 spiro atoms. The quantitative estimate of drug-likeness (QED) is 0.370. The number of carbonyl (C=O) groups is 2. The summed E-state index contributed by atoms with van der Waals surface area (Å²) < 4.78 is 4.60. The van der Waals surface area contributed by atoms with Gasteiger partial charge in [-0.2, -0.15) is 0 Å². The maximum absolute atomic E-state index is 10.6. The first-order valence-corrected chi connectivity index (χ1v) is 2.87. The number of rotatable bonds is 2. The maximum Gasteiger partial charge on any atom is 0.296 e. The fourth-order valence-corrected chi connectivity index (χ4v) is 0.598. The van der Waals surface area contributed by atoms with Crippen molar-refractivity contribution in [3.05, 3.63) is 24.2 Å². The van der Waals surface area contributed by atoms with Crippen molar-refractivity contribution < 1.29 is 14.0 Å². The highest BCUT2D eigenvalue weighted by Crippen LogP contribution is 2.02. The minimum absolute atomic E-state index is 0.0278. The number of furan rings is 1. The normalized spacial score (nSPS) is 9.30. The van der Waals surface area contributed by atoms with Gasteiger partial charge in [0.25, 0.3) is 11.0 Å². The number of hydrogen-bond donors (Lipinski definition) is 0. The van der Waals surface area contributed by atoms with E-state index < -0.39 is 11.0 Å². The molecule has 1 aromatic heterocycles. The molecular formula is C6H3ClO3. The molecular weight excluding hydrogens is 156 g/mol. The molecule has 0 saturated carbocycles. The Bertz CT molecular complexity index is 250. The molecule has 0 unspecified atom stereocenters. The molecule has 1 heterocycles. The average molecular weight is 159 g/mol. The van der Waals surface area contributed by atoms with E-state index in [0.717, 1.165) is 0 Å². The summed E-state index contributed by atoms with van der Waals surface area (Å²) in [5.74, 6) is -0.841. The summed E-state index contributed by atoms with van der Waals surface area (Å²) >= 11 is 4.87. The van der Waals surface area contributed by atoms with Crippen LogP contribution in [-0.4, -0.2) is 11.0 Å². The predicted molar refractivity (Wildman–Crippen MR) is 33.9 cm³/mol. The van der Waals surface area contributed by atoms with Crippen LogP contribution in [0.2, 0.25) is 0 Å². The van der Waals surface area contributed by atoms with Gasteiger partial charge in [0.2, 0.25) is 0 Å². The second-order valence-corrected chi connectivity index (χ2v) is 1.92. The van der Waals surface area contributed by atoms with Gasteiger partial charge in [-0.15, -0.1) is 0 Å². The lowest BCUT2D eigenvalue weighted by atomic mass is 10.3. The molecule has 0 bridgehead atoms. The van der Waals surface area contributed by atoms with Gasteiger partial charge in [-0.1, -0.05) is 0 Å². The molecule has 4 heteroatoms. The highest BCUT2D eigenvalue weighted by atomic mass is 35.5. The van der Waals surface area contributed by atoms with Crippen molar-refractivity contribution in [3.8, 4) is 0 Å². The Labute approximate surface area is 61.6 Å². The maximum atomic E-state index is 10.6. The predicted octanol–water partition coefficient (Wildman–Crippen LogP) is 1.23. The first kappa shape index (κ1) is 7.02. The van der Waals surface area contributed by atoms with Gasteiger partial charge in [-0.05, 0) is 23.7 Å². The Morgan fingerprint density at radius 3 is 2.60 bits per heavy atom. The summed E-state index contributed by atoms with van der Waals surface area (Å²) in [6.45, 7) is 0. The molecule has 0 radical (unpaired) electrons. The monoisotopic (exact) mass is 158 g/mol. The molecule has 0 fully saturated rings. The number of carbonyl (C=O) groups excluding carboxylic acids is 2. The molecule has 10 heavy (non-hydrogen) atoms. The highest BCUT2D eigenvalue weighted by molar-refractivity contribution is 6.82. The van der Waals surface area contributed by atoms with Crippen LogP contribution >= 0.6 is 11.6 Å². The van der Waals surface area contributed by atoms with Gasteiger partial charge in [0, 0.05) is 0 Å². The summed E-state index contributed by atoms with van der Waals surface area (Å²) in [6, 6.07) is 2.88. The third-order valence-electron chi connectivity index (χ3n) is 0.923. The summed E-state index contributed by atoms with van der Waals surface area (Å²) in [6.07, 6.45) is 1.30. The van der Waals surface area contributed by atoms with Gasteiger partial charge in [0.15, 0.2) is 5.76 Å². The summed E-state index contributed by atoms with van der Waals surface area (Å²) in [5.41, 5.74) is 0. The van der Waals surface area contributed by atoms with Crippen molar-refractivity contribution in [2.75, 3.05) is 0 Å². The Morgan fingerprint density at radius 1 is 1.50 bits per heavy atom. The zero-order chi connectivity index (χ0) is 7.56. The smallest absolute Gasteiger partial charge is 0.296 e. The lowest BCUT2D eigenvalue weighted by Crippen LogP contribution is -2.05. The van der Waals surface area contributed by atoms with Crippen molar-refractivity contribution in [1.82, 2.24) is 0 Å². The molecule has 1 aromatic rings. The van der Waals surface area contributed by atoms with Gasteiger partial charge in [0.05, 0.1) is 6.26 Å². The van der Waals surface area contributed by atoms with Crippen molar-refractivity contribution in [2.24, 2.45) is 0 Å². The van der Waals surface area contributed by atoms with E-state index in [-0.39, 0.29) is 5.76 Å². The zero-order valence-electron chi connectivity index (χ0n) is 4.83. The first-order chi connectivity index (χ1) is 4.72. The molecule has 1 rings (SSSR count). The lowest BCUT2D eigenvalue weighted by molar-refractivity contribution is -0.108. The second kappa shape index (κ2) is 2.66. The molecule has 0 atom stereocenters. The molecule has 0 aliphatic carbocycles. The third kappa shape index (κ3) is 1.25. The first-order valence-electron chi connectivity index (χ1n) is 2.49. The number of halogens is 1. The van der Waals surface area contributed by atoms with Crippen LogP contribution < -0.4 is 0 Å². The SMILES string of the molecule is O=C(Cl)C(=O)c1ccco1. The highest BCUT2D eigenvalue weighted by Gasteiger charge is 2.15. The van der Waals surface area contributed by atoms with E-state index in [4.69, 9.17) is 11.6 Å². The van der Waals surface area contributed by atoms with Crippen molar-refractivity contribution in [1.29, 1.82) is 0 Å². The van der Waals surface area contributed by atoms with E-state index in [9.17, 15) is 9.59 Å². The Hall–Kier alpha value is -1.09. The molecule has 3 nitrogen and oxygen atoms in total. The molecule has 0 N–H and O–H groups in total. The van der Waals surface area contributed by atoms with Crippen LogP contribution in [0.1, 0.15) is 10.6 Å². The van der Waals surface area contributed by atoms with E-state index in [1.54, 1.807) is 0 Å². The van der Waals surface area contributed by atoms with E-state index in [1.807, 2.05) is 0 Å². The fourth-order valence-electron chi connectivity index (χ4n) is 0.505. The third-order valence-corrected chi connectivity index (χ3v) is 1.10. The van der Waals surface area contributed by atoms with Crippen LogP contribution in [-0.2, 0) is 4.79 Å². The summed E-state index contributed by atoms with van der Waals surface area (Å²) in [4.78, 5) is 20.8. The van der Waals surface area contributed by atoms with E-state index in [2.05, 4.69) is 4.42 Å². The van der Waals surface area contributed by atoms with E-state index in [0.29, 0.717) is 0 Å². The Morgan fingerprint density at radius 2 is 2.20 bits per heavy atom. The fraction of sp³-hybridized carbons (Fsp3) is 0. The Kier molecular flexibility index (Phi) is 1.87. The minimum Gasteiger partial charge on any atom is -0.461 e. The van der Waals surface area contributed by atoms with Crippen LogP contribution in [0.5, 0.6) is 0 Å². The second-order valence-electron chi connectivity index (χ2n) is 1.58. The number of hydrogen-bond acceptors (Lipinski definition) is 3. The van der Waals surface area contributed by atoms with Crippen LogP contribution in [0.4, 0.5) is 0 Å². The molecule has 0 amide bonds. The summed E-state index contributed by atoms with van der Waals surface area (Å²) in [5, 5.41) is -1.03. The van der Waals surface area contributed by atoms with Crippen LogP contribution in [0.25, 0.3) is 0 Å². The summed E-state index contributed by atoms with van der Waals surface area (Å²) in [7, 11) is 0. The topological polar surface area (TPSA) is 47.3 Å². The van der Waals surface area contributed by atoms with Crippen LogP contribution in [0.15, 0.2) is 22.8 Å². The number of ketones is 1. The lowest BCUT2D eigenvalue weighted by Gasteiger charge is -1.84. The molecule has 0 saturated heterocycles. The minimum atomic E-state index is -1.03. The van der Waals surface area contributed by atoms with Gasteiger partial charge in [0.1, 0.15) is 0 Å². The van der Waals surface area contributed by atoms with Crippen LogP contribution in [0.3, 0.4) is 0 Å². The van der Waals surface area contributed by atoms with Gasteiger partial charge >= 0.3 is 0 Å². The van der Waals surface area contributed by atoms with Gasteiger partial charge in [-0.25, -0.2) is 0 Å². The van der Waals surface area contributed by atoms with E-state index >= 15 is 0 Å². The molecule has 52 valence electrons. The van der Waals surface area contributed by atoms with Gasteiger partial charge < -0.3 is 4.42 Å². The largest absolute Gasteiger partial charge is 0.461 e. The van der Waals surface area contributed by atoms with E-state index in [1.165, 1.54) is 18.4 Å². The van der Waals surface area contributed by atoms with Crippen molar-refractivity contribution in [2.45, 2.75) is 0 Å². The Balaban J connectivity index is 2.88.